The quantitative estimate of drug-likeness (QED) is 0.874. The molecule has 0 aliphatic heterocycles. The molecule has 0 radical (unpaired) electrons. The molecule has 0 saturated carbocycles. The molecule has 0 fully saturated rings. The van der Waals surface area contributed by atoms with Gasteiger partial charge in [-0.2, -0.15) is 0 Å². The highest BCUT2D eigenvalue weighted by Gasteiger charge is 2.18. The van der Waals surface area contributed by atoms with Gasteiger partial charge >= 0.3 is 0 Å². The van der Waals surface area contributed by atoms with Gasteiger partial charge in [0.05, 0.1) is 13.2 Å². The van der Waals surface area contributed by atoms with E-state index in [1.807, 2.05) is 13.0 Å². The molecule has 106 valence electrons. The fraction of sp³-hybridized carbons (Fsp3) is 0.200. The van der Waals surface area contributed by atoms with E-state index in [1.54, 1.807) is 12.1 Å². The third kappa shape index (κ3) is 2.63. The van der Waals surface area contributed by atoms with Gasteiger partial charge < -0.3 is 10.5 Å². The Kier molecular flexibility index (Phi) is 3.99. The number of methoxy groups -OCH3 is 1. The highest BCUT2D eigenvalue weighted by molar-refractivity contribution is 5.43. The summed E-state index contributed by atoms with van der Waals surface area (Å²) in [5.41, 5.74) is 7.67. The molecule has 2 rings (SSSR count). The second kappa shape index (κ2) is 5.54. The Balaban J connectivity index is 2.51. The number of hydrogen-bond donors (Lipinski definition) is 1. The SMILES string of the molecule is COc1ccc(C)cc1C(N)c1cc(F)c(F)c(F)c1. The molecule has 0 aliphatic rings. The average molecular weight is 281 g/mol. The van der Waals surface area contributed by atoms with Crippen molar-refractivity contribution in [2.45, 2.75) is 13.0 Å². The monoisotopic (exact) mass is 281 g/mol. The molecule has 0 saturated heterocycles. The minimum absolute atomic E-state index is 0.144. The molecule has 1 atom stereocenters. The molecular formula is C15H14F3NO. The van der Waals surface area contributed by atoms with Gasteiger partial charge in [0.1, 0.15) is 5.75 Å². The van der Waals surface area contributed by atoms with Crippen molar-refractivity contribution in [1.29, 1.82) is 0 Å². The summed E-state index contributed by atoms with van der Waals surface area (Å²) in [5.74, 6) is -3.52. The molecule has 2 nitrogen and oxygen atoms in total. The molecular weight excluding hydrogens is 267 g/mol. The zero-order valence-electron chi connectivity index (χ0n) is 11.1. The predicted molar refractivity (Wildman–Crippen MR) is 70.1 cm³/mol. The first-order valence-corrected chi connectivity index (χ1v) is 5.98. The summed E-state index contributed by atoms with van der Waals surface area (Å²) >= 11 is 0. The average Bonchev–Trinajstić information content (AvgIpc) is 2.43. The highest BCUT2D eigenvalue weighted by Crippen LogP contribution is 2.30. The Morgan fingerprint density at radius 3 is 2.20 bits per heavy atom. The Morgan fingerprint density at radius 1 is 1.05 bits per heavy atom. The van der Waals surface area contributed by atoms with E-state index in [2.05, 4.69) is 0 Å². The second-order valence-corrected chi connectivity index (χ2v) is 4.52. The minimum atomic E-state index is -1.50. The molecule has 0 aromatic heterocycles. The van der Waals surface area contributed by atoms with Crippen LogP contribution in [0, 0.1) is 24.4 Å². The standard InChI is InChI=1S/C15H14F3NO/c1-8-3-4-13(20-2)10(5-8)15(19)9-6-11(16)14(18)12(17)7-9/h3-7,15H,19H2,1-2H3. The van der Waals surface area contributed by atoms with Crippen LogP contribution in [0.25, 0.3) is 0 Å². The maximum atomic E-state index is 13.3. The van der Waals surface area contributed by atoms with E-state index in [0.717, 1.165) is 17.7 Å². The Morgan fingerprint density at radius 2 is 1.65 bits per heavy atom. The van der Waals surface area contributed by atoms with Gasteiger partial charge in [-0.3, -0.25) is 0 Å². The van der Waals surface area contributed by atoms with Crippen LogP contribution >= 0.6 is 0 Å². The van der Waals surface area contributed by atoms with E-state index in [-0.39, 0.29) is 5.56 Å². The topological polar surface area (TPSA) is 35.2 Å². The van der Waals surface area contributed by atoms with Gasteiger partial charge in [-0.15, -0.1) is 0 Å². The molecule has 0 bridgehead atoms. The molecule has 0 heterocycles. The number of rotatable bonds is 3. The summed E-state index contributed by atoms with van der Waals surface area (Å²) in [5, 5.41) is 0. The van der Waals surface area contributed by atoms with Crippen LogP contribution in [0.3, 0.4) is 0 Å². The molecule has 2 aromatic carbocycles. The molecule has 5 heteroatoms. The van der Waals surface area contributed by atoms with Crippen molar-refractivity contribution in [1.82, 2.24) is 0 Å². The fourth-order valence-electron chi connectivity index (χ4n) is 2.03. The molecule has 0 spiro atoms. The lowest BCUT2D eigenvalue weighted by Gasteiger charge is -2.17. The van der Waals surface area contributed by atoms with E-state index < -0.39 is 23.5 Å². The van der Waals surface area contributed by atoms with Gasteiger partial charge in [-0.25, -0.2) is 13.2 Å². The normalized spacial score (nSPS) is 12.3. The second-order valence-electron chi connectivity index (χ2n) is 4.52. The van der Waals surface area contributed by atoms with E-state index in [1.165, 1.54) is 7.11 Å². The summed E-state index contributed by atoms with van der Waals surface area (Å²) in [4.78, 5) is 0. The number of nitrogens with two attached hydrogens (primary N) is 1. The number of aryl methyl sites for hydroxylation is 1. The largest absolute Gasteiger partial charge is 0.496 e. The molecule has 20 heavy (non-hydrogen) atoms. The van der Waals surface area contributed by atoms with Gasteiger partial charge in [0, 0.05) is 5.56 Å². The van der Waals surface area contributed by atoms with Crippen LogP contribution < -0.4 is 10.5 Å². The van der Waals surface area contributed by atoms with E-state index >= 15 is 0 Å². The lowest BCUT2D eigenvalue weighted by atomic mass is 9.97. The van der Waals surface area contributed by atoms with E-state index in [9.17, 15) is 13.2 Å². The van der Waals surface area contributed by atoms with Crippen molar-refractivity contribution in [2.24, 2.45) is 5.73 Å². The first-order chi connectivity index (χ1) is 9.43. The lowest BCUT2D eigenvalue weighted by Crippen LogP contribution is -2.14. The highest BCUT2D eigenvalue weighted by atomic mass is 19.2. The zero-order valence-corrected chi connectivity index (χ0v) is 11.1. The molecule has 1 unspecified atom stereocenters. The van der Waals surface area contributed by atoms with Crippen LogP contribution in [-0.2, 0) is 0 Å². The Labute approximate surface area is 115 Å². The van der Waals surface area contributed by atoms with Crippen molar-refractivity contribution in [2.75, 3.05) is 7.11 Å². The number of hydrogen-bond acceptors (Lipinski definition) is 2. The van der Waals surface area contributed by atoms with Crippen molar-refractivity contribution in [3.63, 3.8) is 0 Å². The maximum absolute atomic E-state index is 13.3. The molecule has 0 amide bonds. The van der Waals surface area contributed by atoms with E-state index in [0.29, 0.717) is 11.3 Å². The Hall–Kier alpha value is -2.01. The minimum Gasteiger partial charge on any atom is -0.496 e. The van der Waals surface area contributed by atoms with Crippen LogP contribution in [0.1, 0.15) is 22.7 Å². The predicted octanol–water partition coefficient (Wildman–Crippen LogP) is 3.47. The van der Waals surface area contributed by atoms with Crippen LogP contribution in [0.5, 0.6) is 5.75 Å². The van der Waals surface area contributed by atoms with Crippen LogP contribution in [0.4, 0.5) is 13.2 Å². The van der Waals surface area contributed by atoms with Crippen molar-refractivity contribution < 1.29 is 17.9 Å². The van der Waals surface area contributed by atoms with Gasteiger partial charge in [0.15, 0.2) is 17.5 Å². The summed E-state index contributed by atoms with van der Waals surface area (Å²) in [6.07, 6.45) is 0. The first kappa shape index (κ1) is 14.4. The summed E-state index contributed by atoms with van der Waals surface area (Å²) < 4.78 is 44.7. The third-order valence-electron chi connectivity index (χ3n) is 3.09. The lowest BCUT2D eigenvalue weighted by molar-refractivity contribution is 0.407. The van der Waals surface area contributed by atoms with E-state index in [4.69, 9.17) is 10.5 Å². The summed E-state index contributed by atoms with van der Waals surface area (Å²) in [7, 11) is 1.48. The van der Waals surface area contributed by atoms with Gasteiger partial charge in [-0.1, -0.05) is 17.7 Å². The molecule has 0 aliphatic carbocycles. The first-order valence-electron chi connectivity index (χ1n) is 5.98. The van der Waals surface area contributed by atoms with Crippen LogP contribution in [0.15, 0.2) is 30.3 Å². The Bertz CT molecular complexity index is 620. The maximum Gasteiger partial charge on any atom is 0.194 e. The number of ether oxygens (including phenoxy) is 1. The van der Waals surface area contributed by atoms with Gasteiger partial charge in [-0.05, 0) is 30.7 Å². The van der Waals surface area contributed by atoms with Crippen molar-refractivity contribution in [3.8, 4) is 5.75 Å². The van der Waals surface area contributed by atoms with Gasteiger partial charge in [0.25, 0.3) is 0 Å². The van der Waals surface area contributed by atoms with Crippen molar-refractivity contribution in [3.05, 3.63) is 64.5 Å². The summed E-state index contributed by atoms with van der Waals surface area (Å²) in [6.45, 7) is 1.86. The van der Waals surface area contributed by atoms with Gasteiger partial charge in [0.2, 0.25) is 0 Å². The molecule has 2 aromatic rings. The summed E-state index contributed by atoms with van der Waals surface area (Å²) in [6, 6.07) is 6.30. The van der Waals surface area contributed by atoms with Crippen LogP contribution in [0.2, 0.25) is 0 Å². The smallest absolute Gasteiger partial charge is 0.194 e. The van der Waals surface area contributed by atoms with Crippen LogP contribution in [-0.4, -0.2) is 7.11 Å². The van der Waals surface area contributed by atoms with Crippen molar-refractivity contribution >= 4 is 0 Å². The zero-order chi connectivity index (χ0) is 14.9. The fourth-order valence-corrected chi connectivity index (χ4v) is 2.03. The number of benzene rings is 2. The third-order valence-corrected chi connectivity index (χ3v) is 3.09. The molecule has 2 N–H and O–H groups in total. The number of halogens is 3.